The lowest BCUT2D eigenvalue weighted by Gasteiger charge is -2.00. The zero-order chi connectivity index (χ0) is 15.0. The second-order valence-corrected chi connectivity index (χ2v) is 5.41. The van der Waals surface area contributed by atoms with Crippen LogP contribution in [0.5, 0.6) is 0 Å². The molecule has 0 unspecified atom stereocenters. The van der Waals surface area contributed by atoms with Gasteiger partial charge in [-0.1, -0.05) is 35.3 Å². The Hall–Kier alpha value is -1.91. The van der Waals surface area contributed by atoms with E-state index in [1.807, 2.05) is 0 Å². The molecule has 0 fully saturated rings. The van der Waals surface area contributed by atoms with Crippen LogP contribution in [0.2, 0.25) is 10.0 Å². The van der Waals surface area contributed by atoms with Gasteiger partial charge in [0.05, 0.1) is 15.7 Å². The molecule has 2 heterocycles. The summed E-state index contributed by atoms with van der Waals surface area (Å²) in [5, 5.41) is 0.789. The number of carbonyl (C=O) groups excluding carboxylic acids is 1. The van der Waals surface area contributed by atoms with E-state index >= 15 is 0 Å². The lowest BCUT2D eigenvalue weighted by Crippen LogP contribution is -1.96. The number of pyridine rings is 1. The van der Waals surface area contributed by atoms with E-state index in [9.17, 15) is 9.18 Å². The van der Waals surface area contributed by atoms with E-state index in [0.29, 0.717) is 39.8 Å². The van der Waals surface area contributed by atoms with Crippen LogP contribution >= 0.6 is 23.2 Å². The van der Waals surface area contributed by atoms with Crippen LogP contribution in [-0.2, 0) is 6.42 Å². The first kappa shape index (κ1) is 14.0. The second-order valence-electron chi connectivity index (χ2n) is 4.56. The maximum Gasteiger partial charge on any atom is 0.168 e. The standard InChI is InChI=1S/C15H9Cl2FN2O/c16-10-6-12(17)15-19-13(14(8-21)20(15)7-10)5-9-1-3-11(18)4-2-9/h1-4,6-8H,5H2. The molecule has 1 aromatic carbocycles. The Kier molecular flexibility index (Phi) is 3.66. The Morgan fingerprint density at radius 1 is 1.24 bits per heavy atom. The highest BCUT2D eigenvalue weighted by atomic mass is 35.5. The third-order valence-corrected chi connectivity index (χ3v) is 3.64. The van der Waals surface area contributed by atoms with Gasteiger partial charge in [0.15, 0.2) is 11.9 Å². The normalized spacial score (nSPS) is 11.0. The topological polar surface area (TPSA) is 34.4 Å². The molecular formula is C15H9Cl2FN2O. The van der Waals surface area contributed by atoms with Crippen LogP contribution in [0.3, 0.4) is 0 Å². The zero-order valence-electron chi connectivity index (χ0n) is 10.7. The monoisotopic (exact) mass is 322 g/mol. The molecule has 6 heteroatoms. The van der Waals surface area contributed by atoms with Crippen LogP contribution in [0.4, 0.5) is 4.39 Å². The van der Waals surface area contributed by atoms with E-state index in [1.54, 1.807) is 28.8 Å². The van der Waals surface area contributed by atoms with Gasteiger partial charge >= 0.3 is 0 Å². The summed E-state index contributed by atoms with van der Waals surface area (Å²) < 4.78 is 14.5. The minimum absolute atomic E-state index is 0.306. The van der Waals surface area contributed by atoms with Crippen molar-refractivity contribution >= 4 is 35.1 Å². The zero-order valence-corrected chi connectivity index (χ0v) is 12.2. The molecule has 0 aliphatic heterocycles. The molecule has 3 nitrogen and oxygen atoms in total. The highest BCUT2D eigenvalue weighted by Crippen LogP contribution is 2.25. The van der Waals surface area contributed by atoms with E-state index < -0.39 is 0 Å². The molecule has 0 saturated heterocycles. The van der Waals surface area contributed by atoms with Gasteiger partial charge in [-0.2, -0.15) is 0 Å². The summed E-state index contributed by atoms with van der Waals surface area (Å²) in [5.41, 5.74) is 2.28. The van der Waals surface area contributed by atoms with E-state index in [4.69, 9.17) is 23.2 Å². The molecule has 106 valence electrons. The Morgan fingerprint density at radius 2 is 1.95 bits per heavy atom. The minimum atomic E-state index is -0.306. The molecule has 0 aliphatic rings. The van der Waals surface area contributed by atoms with Crippen molar-refractivity contribution in [2.75, 3.05) is 0 Å². The Bertz CT molecular complexity index is 828. The van der Waals surface area contributed by atoms with Gasteiger partial charge in [-0.3, -0.25) is 9.20 Å². The predicted molar refractivity (Wildman–Crippen MR) is 79.8 cm³/mol. The van der Waals surface area contributed by atoms with Crippen molar-refractivity contribution in [1.82, 2.24) is 9.38 Å². The van der Waals surface area contributed by atoms with Crippen molar-refractivity contribution in [1.29, 1.82) is 0 Å². The third-order valence-electron chi connectivity index (χ3n) is 3.15. The summed E-state index contributed by atoms with van der Waals surface area (Å²) in [6.45, 7) is 0. The fourth-order valence-electron chi connectivity index (χ4n) is 2.19. The number of benzene rings is 1. The summed E-state index contributed by atoms with van der Waals surface area (Å²) >= 11 is 12.0. The fourth-order valence-corrected chi connectivity index (χ4v) is 2.70. The molecule has 3 aromatic rings. The van der Waals surface area contributed by atoms with Crippen molar-refractivity contribution in [2.24, 2.45) is 0 Å². The van der Waals surface area contributed by atoms with Crippen LogP contribution < -0.4 is 0 Å². The van der Waals surface area contributed by atoms with Gasteiger partial charge in [0, 0.05) is 12.6 Å². The van der Waals surface area contributed by atoms with Crippen molar-refractivity contribution in [3.05, 3.63) is 69.3 Å². The summed E-state index contributed by atoms with van der Waals surface area (Å²) in [6, 6.07) is 7.62. The Labute approximate surface area is 129 Å². The quantitative estimate of drug-likeness (QED) is 0.678. The number of rotatable bonds is 3. The van der Waals surface area contributed by atoms with Gasteiger partial charge in [-0.25, -0.2) is 9.37 Å². The van der Waals surface area contributed by atoms with E-state index in [2.05, 4.69) is 4.98 Å². The van der Waals surface area contributed by atoms with Crippen molar-refractivity contribution in [3.63, 3.8) is 0 Å². The first-order valence-electron chi connectivity index (χ1n) is 6.14. The van der Waals surface area contributed by atoms with Crippen molar-refractivity contribution in [2.45, 2.75) is 6.42 Å². The molecule has 21 heavy (non-hydrogen) atoms. The molecule has 0 radical (unpaired) electrons. The molecule has 0 N–H and O–H groups in total. The Morgan fingerprint density at radius 3 is 2.62 bits per heavy atom. The average Bonchev–Trinajstić information content (AvgIpc) is 2.79. The van der Waals surface area contributed by atoms with Crippen LogP contribution in [0.1, 0.15) is 21.7 Å². The summed E-state index contributed by atoms with van der Waals surface area (Å²) in [5.74, 6) is -0.306. The summed E-state index contributed by atoms with van der Waals surface area (Å²) in [6.07, 6.45) is 2.71. The van der Waals surface area contributed by atoms with Crippen LogP contribution in [-0.4, -0.2) is 15.7 Å². The molecule has 3 rings (SSSR count). The lowest BCUT2D eigenvalue weighted by atomic mass is 10.1. The molecule has 0 saturated carbocycles. The van der Waals surface area contributed by atoms with Gasteiger partial charge in [0.2, 0.25) is 0 Å². The lowest BCUT2D eigenvalue weighted by molar-refractivity contribution is 0.111. The van der Waals surface area contributed by atoms with Crippen LogP contribution in [0, 0.1) is 5.82 Å². The molecule has 0 amide bonds. The SMILES string of the molecule is O=Cc1c(Cc2ccc(F)cc2)nc2c(Cl)cc(Cl)cn12. The molecule has 2 aromatic heterocycles. The summed E-state index contributed by atoms with van der Waals surface area (Å²) in [7, 11) is 0. The number of aldehydes is 1. The van der Waals surface area contributed by atoms with Gasteiger partial charge in [-0.05, 0) is 23.8 Å². The van der Waals surface area contributed by atoms with Gasteiger partial charge in [-0.15, -0.1) is 0 Å². The number of hydrogen-bond donors (Lipinski definition) is 0. The van der Waals surface area contributed by atoms with E-state index in [-0.39, 0.29) is 5.82 Å². The number of fused-ring (bicyclic) bond motifs is 1. The second kappa shape index (κ2) is 5.47. The molecule has 0 atom stereocenters. The maximum atomic E-state index is 12.9. The van der Waals surface area contributed by atoms with E-state index in [0.717, 1.165) is 5.56 Å². The van der Waals surface area contributed by atoms with E-state index in [1.165, 1.54) is 12.1 Å². The first-order chi connectivity index (χ1) is 10.1. The fraction of sp³-hybridized carbons (Fsp3) is 0.0667. The molecular weight excluding hydrogens is 314 g/mol. The number of halogens is 3. The van der Waals surface area contributed by atoms with Gasteiger partial charge < -0.3 is 0 Å². The highest BCUT2D eigenvalue weighted by Gasteiger charge is 2.15. The number of imidazole rings is 1. The third kappa shape index (κ3) is 2.64. The van der Waals surface area contributed by atoms with Crippen LogP contribution in [0.15, 0.2) is 36.5 Å². The molecule has 0 aliphatic carbocycles. The highest BCUT2D eigenvalue weighted by molar-refractivity contribution is 6.36. The smallest absolute Gasteiger partial charge is 0.168 e. The van der Waals surface area contributed by atoms with Crippen molar-refractivity contribution in [3.8, 4) is 0 Å². The first-order valence-corrected chi connectivity index (χ1v) is 6.89. The van der Waals surface area contributed by atoms with Gasteiger partial charge in [0.25, 0.3) is 0 Å². The number of carbonyl (C=O) groups is 1. The van der Waals surface area contributed by atoms with Gasteiger partial charge in [0.1, 0.15) is 11.5 Å². The largest absolute Gasteiger partial charge is 0.296 e. The Balaban J connectivity index is 2.12. The predicted octanol–water partition coefficient (Wildman–Crippen LogP) is 4.18. The number of hydrogen-bond acceptors (Lipinski definition) is 2. The molecule has 0 spiro atoms. The average molecular weight is 323 g/mol. The minimum Gasteiger partial charge on any atom is -0.296 e. The maximum absolute atomic E-state index is 12.9. The number of aromatic nitrogens is 2. The molecule has 0 bridgehead atoms. The summed E-state index contributed by atoms with van der Waals surface area (Å²) in [4.78, 5) is 15.8. The van der Waals surface area contributed by atoms with Crippen LogP contribution in [0.25, 0.3) is 5.65 Å². The number of nitrogens with zero attached hydrogens (tertiary/aromatic N) is 2. The van der Waals surface area contributed by atoms with Crippen molar-refractivity contribution < 1.29 is 9.18 Å².